The number of esters is 1. The van der Waals surface area contributed by atoms with Crippen molar-refractivity contribution in [1.82, 2.24) is 0 Å². The van der Waals surface area contributed by atoms with Crippen molar-refractivity contribution in [2.24, 2.45) is 5.92 Å². The highest BCUT2D eigenvalue weighted by atomic mass is 32.2. The molecule has 7 heteroatoms. The van der Waals surface area contributed by atoms with Gasteiger partial charge < -0.3 is 4.74 Å². The predicted octanol–water partition coefficient (Wildman–Crippen LogP) is 4.93. The van der Waals surface area contributed by atoms with Gasteiger partial charge in [0.25, 0.3) is 0 Å². The molecule has 1 saturated carbocycles. The van der Waals surface area contributed by atoms with Gasteiger partial charge >= 0.3 is 5.97 Å². The molecule has 1 aliphatic rings. The highest BCUT2D eigenvalue weighted by Gasteiger charge is 2.13. The topological polar surface area (TPSA) is 65.0 Å². The predicted molar refractivity (Wildman–Crippen MR) is 91.0 cm³/mol. The third-order valence-corrected chi connectivity index (χ3v) is 5.32. The van der Waals surface area contributed by atoms with E-state index >= 15 is 0 Å². The first-order valence-corrected chi connectivity index (χ1v) is 9.69. The quantitative estimate of drug-likeness (QED) is 0.168. The molecule has 128 valence electrons. The van der Waals surface area contributed by atoms with Gasteiger partial charge in [0.15, 0.2) is 0 Å². The first kappa shape index (κ1) is 18.6. The van der Waals surface area contributed by atoms with Crippen LogP contribution < -0.4 is 0 Å². The van der Waals surface area contributed by atoms with E-state index in [1.807, 2.05) is 0 Å². The number of hydrogen-bond donors (Lipinski definition) is 1. The second-order valence-corrected chi connectivity index (χ2v) is 7.33. The minimum absolute atomic E-state index is 0.328. The number of rotatable bonds is 9. The van der Waals surface area contributed by atoms with E-state index in [0.717, 1.165) is 23.7 Å². The first-order chi connectivity index (χ1) is 11.3. The first-order valence-electron chi connectivity index (χ1n) is 7.79. The number of ether oxygens (including phenoxy) is 1. The van der Waals surface area contributed by atoms with Gasteiger partial charge in [0.05, 0.1) is 17.6 Å². The van der Waals surface area contributed by atoms with Gasteiger partial charge in [0.1, 0.15) is 5.94 Å². The number of carbonyl (C=O) groups is 1. The second kappa shape index (κ2) is 10.9. The second-order valence-electron chi connectivity index (χ2n) is 5.50. The SMILES string of the molecule is O=C(OCSCCC1CCCCC1)c1ccc(SOOO)cc1. The molecule has 1 aromatic rings. The summed E-state index contributed by atoms with van der Waals surface area (Å²) in [4.78, 5) is 12.6. The van der Waals surface area contributed by atoms with Gasteiger partial charge in [0.2, 0.25) is 0 Å². The van der Waals surface area contributed by atoms with E-state index in [1.165, 1.54) is 38.5 Å². The van der Waals surface area contributed by atoms with Crippen molar-refractivity contribution in [3.63, 3.8) is 0 Å². The molecule has 0 bridgehead atoms. The van der Waals surface area contributed by atoms with E-state index in [9.17, 15) is 4.79 Å². The van der Waals surface area contributed by atoms with Crippen molar-refractivity contribution in [1.29, 1.82) is 0 Å². The van der Waals surface area contributed by atoms with Crippen LogP contribution in [0.5, 0.6) is 0 Å². The summed E-state index contributed by atoms with van der Waals surface area (Å²) in [6, 6.07) is 6.68. The highest BCUT2D eigenvalue weighted by molar-refractivity contribution is 7.99. The van der Waals surface area contributed by atoms with Gasteiger partial charge in [0, 0.05) is 4.90 Å². The van der Waals surface area contributed by atoms with Crippen LogP contribution in [-0.4, -0.2) is 22.9 Å². The minimum atomic E-state index is -0.328. The van der Waals surface area contributed by atoms with Crippen LogP contribution in [0, 0.1) is 5.92 Å². The molecule has 0 aliphatic heterocycles. The molecule has 23 heavy (non-hydrogen) atoms. The molecule has 0 radical (unpaired) electrons. The van der Waals surface area contributed by atoms with Crippen LogP contribution in [-0.2, 0) is 14.1 Å². The summed E-state index contributed by atoms with van der Waals surface area (Å²) in [6.45, 7) is 0. The fourth-order valence-electron chi connectivity index (χ4n) is 2.66. The molecule has 0 saturated heterocycles. The zero-order valence-corrected chi connectivity index (χ0v) is 14.6. The Morgan fingerprint density at radius 1 is 1.17 bits per heavy atom. The summed E-state index contributed by atoms with van der Waals surface area (Å²) in [7, 11) is 0. The average molecular weight is 358 g/mol. The Morgan fingerprint density at radius 3 is 2.61 bits per heavy atom. The minimum Gasteiger partial charge on any atom is -0.451 e. The van der Waals surface area contributed by atoms with Gasteiger partial charge in [-0.25, -0.2) is 10.1 Å². The van der Waals surface area contributed by atoms with Crippen LogP contribution in [0.4, 0.5) is 0 Å². The van der Waals surface area contributed by atoms with E-state index in [2.05, 4.69) is 9.37 Å². The third kappa shape index (κ3) is 7.14. The third-order valence-electron chi connectivity index (χ3n) is 3.92. The molecule has 5 nitrogen and oxygen atoms in total. The molecule has 1 N–H and O–H groups in total. The summed E-state index contributed by atoms with van der Waals surface area (Å²) < 4.78 is 9.57. The Kier molecular flexibility index (Phi) is 8.85. The van der Waals surface area contributed by atoms with Gasteiger partial charge in [-0.05, 0) is 42.4 Å². The maximum Gasteiger partial charge on any atom is 0.338 e. The zero-order valence-electron chi connectivity index (χ0n) is 12.9. The summed E-state index contributed by atoms with van der Waals surface area (Å²) in [5, 5.41) is 11.6. The molecule has 0 spiro atoms. The maximum atomic E-state index is 11.9. The molecule has 1 aromatic carbocycles. The van der Waals surface area contributed by atoms with Crippen LogP contribution in [0.25, 0.3) is 0 Å². The largest absolute Gasteiger partial charge is 0.451 e. The van der Waals surface area contributed by atoms with E-state index in [1.54, 1.807) is 36.0 Å². The van der Waals surface area contributed by atoms with Crippen molar-refractivity contribution in [2.75, 3.05) is 11.7 Å². The van der Waals surface area contributed by atoms with Crippen molar-refractivity contribution in [3.05, 3.63) is 29.8 Å². The molecule has 0 aromatic heterocycles. The van der Waals surface area contributed by atoms with Crippen LogP contribution in [0.15, 0.2) is 29.2 Å². The van der Waals surface area contributed by atoms with Crippen LogP contribution in [0.2, 0.25) is 0 Å². The lowest BCUT2D eigenvalue weighted by Gasteiger charge is -2.20. The Hall–Kier alpha value is -0.730. The molecule has 0 unspecified atom stereocenters. The average Bonchev–Trinajstić information content (AvgIpc) is 2.61. The van der Waals surface area contributed by atoms with Gasteiger partial charge in [-0.15, -0.1) is 16.1 Å². The Morgan fingerprint density at radius 2 is 1.91 bits per heavy atom. The smallest absolute Gasteiger partial charge is 0.338 e. The molecule has 2 rings (SSSR count). The van der Waals surface area contributed by atoms with Crippen molar-refractivity contribution in [3.8, 4) is 0 Å². The number of carbonyl (C=O) groups excluding carboxylic acids is 1. The van der Waals surface area contributed by atoms with Gasteiger partial charge in [-0.2, -0.15) is 0 Å². The Balaban J connectivity index is 1.60. The summed E-state index contributed by atoms with van der Waals surface area (Å²) in [5.74, 6) is 1.98. The van der Waals surface area contributed by atoms with Crippen LogP contribution >= 0.6 is 23.8 Å². The standard InChI is InChI=1S/C16H22O5S2/c17-16(14-6-8-15(9-7-14)23-21-20-18)19-12-22-11-10-13-4-2-1-3-5-13/h6-9,13,18H,1-5,10-12H2. The van der Waals surface area contributed by atoms with Crippen molar-refractivity contribution >= 4 is 29.8 Å². The number of hydrogen-bond acceptors (Lipinski definition) is 7. The maximum absolute atomic E-state index is 11.9. The van der Waals surface area contributed by atoms with Crippen LogP contribution in [0.1, 0.15) is 48.9 Å². The zero-order chi connectivity index (χ0) is 16.3. The van der Waals surface area contributed by atoms with Gasteiger partial charge in [-0.3, -0.25) is 0 Å². The van der Waals surface area contributed by atoms with E-state index in [-0.39, 0.29) is 5.97 Å². The lowest BCUT2D eigenvalue weighted by atomic mass is 9.88. The van der Waals surface area contributed by atoms with Crippen molar-refractivity contribution < 1.29 is 24.2 Å². The summed E-state index contributed by atoms with van der Waals surface area (Å²) >= 11 is 2.52. The van der Waals surface area contributed by atoms with E-state index in [4.69, 9.17) is 9.99 Å². The Bertz CT molecular complexity index is 460. The number of benzene rings is 1. The molecule has 1 fully saturated rings. The molecule has 0 heterocycles. The summed E-state index contributed by atoms with van der Waals surface area (Å²) in [6.07, 6.45) is 8.06. The van der Waals surface area contributed by atoms with E-state index in [0.29, 0.717) is 16.4 Å². The highest BCUT2D eigenvalue weighted by Crippen LogP contribution is 2.27. The van der Waals surface area contributed by atoms with Crippen LogP contribution in [0.3, 0.4) is 0 Å². The van der Waals surface area contributed by atoms with E-state index < -0.39 is 0 Å². The van der Waals surface area contributed by atoms with Gasteiger partial charge in [-0.1, -0.05) is 37.1 Å². The molecular formula is C16H22O5S2. The molecular weight excluding hydrogens is 336 g/mol. The fourth-order valence-corrected chi connectivity index (χ4v) is 3.83. The lowest BCUT2D eigenvalue weighted by Crippen LogP contribution is -2.08. The molecule has 1 aliphatic carbocycles. The fraction of sp³-hybridized carbons (Fsp3) is 0.562. The molecule has 0 atom stereocenters. The lowest BCUT2D eigenvalue weighted by molar-refractivity contribution is -0.432. The molecule has 0 amide bonds. The Labute approximate surface area is 145 Å². The monoisotopic (exact) mass is 358 g/mol. The summed E-state index contributed by atoms with van der Waals surface area (Å²) in [5.41, 5.74) is 0.493. The number of thioether (sulfide) groups is 1. The normalized spacial score (nSPS) is 15.5. The van der Waals surface area contributed by atoms with Crippen molar-refractivity contribution in [2.45, 2.75) is 43.4 Å².